The second kappa shape index (κ2) is 4.50. The Morgan fingerprint density at radius 1 is 1.24 bits per heavy atom. The SMILES string of the molecule is C#Cc1ccccc1-c1cnccc1C(=O)O. The zero-order valence-electron chi connectivity index (χ0n) is 8.92. The van der Waals surface area contributed by atoms with Gasteiger partial charge in [-0.1, -0.05) is 24.1 Å². The molecule has 1 aromatic carbocycles. The van der Waals surface area contributed by atoms with E-state index in [9.17, 15) is 4.79 Å². The molecule has 0 radical (unpaired) electrons. The number of terminal acetylenes is 1. The molecule has 1 N–H and O–H groups in total. The quantitative estimate of drug-likeness (QED) is 0.795. The van der Waals surface area contributed by atoms with Crippen molar-refractivity contribution in [2.45, 2.75) is 0 Å². The lowest BCUT2D eigenvalue weighted by Crippen LogP contribution is -2.00. The van der Waals surface area contributed by atoms with Gasteiger partial charge < -0.3 is 5.11 Å². The number of carboxylic acid groups (broad SMARTS) is 1. The van der Waals surface area contributed by atoms with E-state index in [2.05, 4.69) is 10.9 Å². The van der Waals surface area contributed by atoms with Gasteiger partial charge in [-0.3, -0.25) is 4.98 Å². The van der Waals surface area contributed by atoms with Crippen molar-refractivity contribution in [3.63, 3.8) is 0 Å². The highest BCUT2D eigenvalue weighted by molar-refractivity contribution is 5.96. The van der Waals surface area contributed by atoms with Gasteiger partial charge in [0.25, 0.3) is 0 Å². The number of nitrogens with zero attached hydrogens (tertiary/aromatic N) is 1. The maximum Gasteiger partial charge on any atom is 0.336 e. The first kappa shape index (κ1) is 10.9. The summed E-state index contributed by atoms with van der Waals surface area (Å²) in [6.07, 6.45) is 8.36. The van der Waals surface area contributed by atoms with Crippen LogP contribution in [0.5, 0.6) is 0 Å². The van der Waals surface area contributed by atoms with Gasteiger partial charge in [-0.15, -0.1) is 6.42 Å². The first-order chi connectivity index (χ1) is 8.24. The molecule has 1 heterocycles. The highest BCUT2D eigenvalue weighted by atomic mass is 16.4. The highest BCUT2D eigenvalue weighted by Gasteiger charge is 2.13. The second-order valence-corrected chi connectivity index (χ2v) is 3.42. The maximum atomic E-state index is 11.1. The van der Waals surface area contributed by atoms with Crippen LogP contribution in [0.25, 0.3) is 11.1 Å². The van der Waals surface area contributed by atoms with Crippen LogP contribution in [0.4, 0.5) is 0 Å². The van der Waals surface area contributed by atoms with E-state index in [0.29, 0.717) is 16.7 Å². The van der Waals surface area contributed by atoms with Crippen LogP contribution >= 0.6 is 0 Å². The Kier molecular flexibility index (Phi) is 2.89. The minimum Gasteiger partial charge on any atom is -0.478 e. The molecule has 0 atom stereocenters. The van der Waals surface area contributed by atoms with Gasteiger partial charge in [0.05, 0.1) is 5.56 Å². The van der Waals surface area contributed by atoms with Crippen molar-refractivity contribution in [3.8, 4) is 23.5 Å². The van der Waals surface area contributed by atoms with Crippen molar-refractivity contribution < 1.29 is 9.90 Å². The van der Waals surface area contributed by atoms with E-state index < -0.39 is 5.97 Å². The number of carboxylic acids is 1. The molecule has 0 aliphatic carbocycles. The van der Waals surface area contributed by atoms with Gasteiger partial charge >= 0.3 is 5.97 Å². The molecule has 0 saturated carbocycles. The summed E-state index contributed by atoms with van der Waals surface area (Å²) in [5.41, 5.74) is 2.10. The fraction of sp³-hybridized carbons (Fsp3) is 0. The number of aromatic carboxylic acids is 1. The number of rotatable bonds is 2. The van der Waals surface area contributed by atoms with E-state index >= 15 is 0 Å². The van der Waals surface area contributed by atoms with E-state index in [4.69, 9.17) is 11.5 Å². The van der Waals surface area contributed by atoms with Crippen molar-refractivity contribution in [3.05, 3.63) is 53.9 Å². The molecule has 0 spiro atoms. The fourth-order valence-corrected chi connectivity index (χ4v) is 1.64. The molecule has 2 rings (SSSR count). The first-order valence-corrected chi connectivity index (χ1v) is 4.97. The molecule has 0 fully saturated rings. The van der Waals surface area contributed by atoms with Crippen molar-refractivity contribution in [1.29, 1.82) is 0 Å². The predicted molar refractivity (Wildman–Crippen MR) is 64.6 cm³/mol. The summed E-state index contributed by atoms with van der Waals surface area (Å²) >= 11 is 0. The van der Waals surface area contributed by atoms with Crippen LogP contribution in [-0.4, -0.2) is 16.1 Å². The monoisotopic (exact) mass is 223 g/mol. The topological polar surface area (TPSA) is 50.2 Å². The number of hydrogen-bond donors (Lipinski definition) is 1. The smallest absolute Gasteiger partial charge is 0.336 e. The average molecular weight is 223 g/mol. The Balaban J connectivity index is 2.69. The summed E-state index contributed by atoms with van der Waals surface area (Å²) in [7, 11) is 0. The van der Waals surface area contributed by atoms with Gasteiger partial charge in [0.15, 0.2) is 0 Å². The van der Waals surface area contributed by atoms with Gasteiger partial charge in [0.1, 0.15) is 0 Å². The Morgan fingerprint density at radius 3 is 2.71 bits per heavy atom. The molecule has 0 amide bonds. The minimum absolute atomic E-state index is 0.197. The molecule has 17 heavy (non-hydrogen) atoms. The van der Waals surface area contributed by atoms with Crippen molar-refractivity contribution in [1.82, 2.24) is 4.98 Å². The summed E-state index contributed by atoms with van der Waals surface area (Å²) in [4.78, 5) is 15.1. The van der Waals surface area contributed by atoms with Gasteiger partial charge in [0, 0.05) is 23.5 Å². The van der Waals surface area contributed by atoms with E-state index in [1.165, 1.54) is 18.5 Å². The Bertz CT molecular complexity index is 612. The van der Waals surface area contributed by atoms with Crippen LogP contribution in [-0.2, 0) is 0 Å². The van der Waals surface area contributed by atoms with Crippen molar-refractivity contribution >= 4 is 5.97 Å². The van der Waals surface area contributed by atoms with Crippen molar-refractivity contribution in [2.24, 2.45) is 0 Å². The molecule has 0 saturated heterocycles. The molecule has 3 nitrogen and oxygen atoms in total. The minimum atomic E-state index is -0.991. The largest absolute Gasteiger partial charge is 0.478 e. The number of aromatic nitrogens is 1. The number of hydrogen-bond acceptors (Lipinski definition) is 2. The molecule has 82 valence electrons. The van der Waals surface area contributed by atoms with Crippen molar-refractivity contribution in [2.75, 3.05) is 0 Å². The second-order valence-electron chi connectivity index (χ2n) is 3.42. The number of carbonyl (C=O) groups is 1. The summed E-state index contributed by atoms with van der Waals surface area (Å²) in [5, 5.41) is 9.11. The molecule has 0 unspecified atom stereocenters. The molecule has 3 heteroatoms. The van der Waals surface area contributed by atoms with E-state index in [-0.39, 0.29) is 5.56 Å². The number of pyridine rings is 1. The van der Waals surface area contributed by atoms with Crippen LogP contribution in [0.15, 0.2) is 42.7 Å². The van der Waals surface area contributed by atoms with E-state index in [0.717, 1.165) is 0 Å². The standard InChI is InChI=1S/C14H9NO2/c1-2-10-5-3-4-6-11(10)13-9-15-8-7-12(13)14(16)17/h1,3-9H,(H,16,17). The molecule has 0 aliphatic heterocycles. The number of benzene rings is 1. The lowest BCUT2D eigenvalue weighted by Gasteiger charge is -2.07. The predicted octanol–water partition coefficient (Wildman–Crippen LogP) is 2.43. The van der Waals surface area contributed by atoms with Gasteiger partial charge in [-0.25, -0.2) is 4.79 Å². The molecule has 2 aromatic rings. The highest BCUT2D eigenvalue weighted by Crippen LogP contribution is 2.25. The lowest BCUT2D eigenvalue weighted by atomic mass is 9.97. The summed E-state index contributed by atoms with van der Waals surface area (Å²) in [5.74, 6) is 1.55. The first-order valence-electron chi connectivity index (χ1n) is 4.97. The van der Waals surface area contributed by atoms with Gasteiger partial charge in [-0.05, 0) is 17.7 Å². The Labute approximate surface area is 98.8 Å². The molecule has 1 aromatic heterocycles. The van der Waals surface area contributed by atoms with E-state index in [1.54, 1.807) is 12.1 Å². The van der Waals surface area contributed by atoms with Crippen LogP contribution < -0.4 is 0 Å². The van der Waals surface area contributed by atoms with E-state index in [1.807, 2.05) is 12.1 Å². The van der Waals surface area contributed by atoms with Gasteiger partial charge in [0.2, 0.25) is 0 Å². The Hall–Kier alpha value is -2.60. The fourth-order valence-electron chi connectivity index (χ4n) is 1.64. The van der Waals surface area contributed by atoms with Crippen LogP contribution in [0, 0.1) is 12.3 Å². The summed E-state index contributed by atoms with van der Waals surface area (Å²) in [6.45, 7) is 0. The molecule has 0 bridgehead atoms. The van der Waals surface area contributed by atoms with Crippen LogP contribution in [0.2, 0.25) is 0 Å². The summed E-state index contributed by atoms with van der Waals surface area (Å²) in [6, 6.07) is 8.65. The van der Waals surface area contributed by atoms with Crippen LogP contribution in [0.3, 0.4) is 0 Å². The molecular formula is C14H9NO2. The third-order valence-corrected chi connectivity index (χ3v) is 2.42. The average Bonchev–Trinajstić information content (AvgIpc) is 2.38. The van der Waals surface area contributed by atoms with Crippen LogP contribution in [0.1, 0.15) is 15.9 Å². The third kappa shape index (κ3) is 2.01. The molecule has 0 aliphatic rings. The normalized spacial score (nSPS) is 9.59. The zero-order valence-corrected chi connectivity index (χ0v) is 8.92. The Morgan fingerprint density at radius 2 is 2.00 bits per heavy atom. The lowest BCUT2D eigenvalue weighted by molar-refractivity contribution is 0.0697. The van der Waals surface area contributed by atoms with Gasteiger partial charge in [-0.2, -0.15) is 0 Å². The summed E-state index contributed by atoms with van der Waals surface area (Å²) < 4.78 is 0. The maximum absolute atomic E-state index is 11.1. The molecular weight excluding hydrogens is 214 g/mol. The third-order valence-electron chi connectivity index (χ3n) is 2.42. The zero-order chi connectivity index (χ0) is 12.3.